The van der Waals surface area contributed by atoms with Crippen LogP contribution in [0.5, 0.6) is 11.5 Å². The van der Waals surface area contributed by atoms with Crippen molar-refractivity contribution in [1.82, 2.24) is 0 Å². The average Bonchev–Trinajstić information content (AvgIpc) is 2.42. The molecule has 0 saturated carbocycles. The second-order valence-electron chi connectivity index (χ2n) is 4.95. The summed E-state index contributed by atoms with van der Waals surface area (Å²) in [5, 5.41) is 18.9. The van der Waals surface area contributed by atoms with E-state index >= 15 is 0 Å². The standard InChI is InChI=1S/C16H16F2O2/c1-8(11-4-6-13(19)9(2)15(11)17)12-5-7-14(20)10(3)16(12)18/h4-8,19-20H,1-3H3. The summed E-state index contributed by atoms with van der Waals surface area (Å²) in [5.41, 5.74) is 0.907. The second kappa shape index (κ2) is 5.12. The van der Waals surface area contributed by atoms with Crippen molar-refractivity contribution < 1.29 is 19.0 Å². The number of hydrogen-bond donors (Lipinski definition) is 2. The highest BCUT2D eigenvalue weighted by molar-refractivity contribution is 5.45. The zero-order valence-corrected chi connectivity index (χ0v) is 11.5. The fourth-order valence-electron chi connectivity index (χ4n) is 2.23. The van der Waals surface area contributed by atoms with Crippen LogP contribution in [-0.4, -0.2) is 10.2 Å². The molecule has 0 heterocycles. The number of hydrogen-bond acceptors (Lipinski definition) is 2. The smallest absolute Gasteiger partial charge is 0.133 e. The van der Waals surface area contributed by atoms with Crippen molar-refractivity contribution in [1.29, 1.82) is 0 Å². The zero-order chi connectivity index (χ0) is 15.0. The Morgan fingerprint density at radius 1 is 0.800 bits per heavy atom. The normalized spacial score (nSPS) is 11.1. The van der Waals surface area contributed by atoms with E-state index < -0.39 is 17.6 Å². The first-order valence-corrected chi connectivity index (χ1v) is 6.30. The summed E-state index contributed by atoms with van der Waals surface area (Å²) in [5.74, 6) is -1.85. The predicted molar refractivity (Wildman–Crippen MR) is 73.1 cm³/mol. The van der Waals surface area contributed by atoms with Gasteiger partial charge in [0.15, 0.2) is 0 Å². The lowest BCUT2D eigenvalue weighted by Gasteiger charge is -2.17. The largest absolute Gasteiger partial charge is 0.508 e. The topological polar surface area (TPSA) is 40.5 Å². The number of phenolic OH excluding ortho intramolecular Hbond substituents is 2. The molecule has 2 aromatic carbocycles. The van der Waals surface area contributed by atoms with Gasteiger partial charge in [-0.2, -0.15) is 0 Å². The quantitative estimate of drug-likeness (QED) is 0.866. The molecule has 4 heteroatoms. The first-order valence-electron chi connectivity index (χ1n) is 6.30. The molecule has 0 fully saturated rings. The first kappa shape index (κ1) is 14.3. The number of benzene rings is 2. The fourth-order valence-corrected chi connectivity index (χ4v) is 2.23. The van der Waals surface area contributed by atoms with Crippen molar-refractivity contribution in [2.75, 3.05) is 0 Å². The predicted octanol–water partition coefficient (Wildman–Crippen LogP) is 4.14. The zero-order valence-electron chi connectivity index (χ0n) is 11.5. The van der Waals surface area contributed by atoms with Gasteiger partial charge in [-0.3, -0.25) is 0 Å². The van der Waals surface area contributed by atoms with Crippen LogP contribution in [0.4, 0.5) is 8.78 Å². The fraction of sp³-hybridized carbons (Fsp3) is 0.250. The third-order valence-electron chi connectivity index (χ3n) is 3.71. The van der Waals surface area contributed by atoms with Crippen molar-refractivity contribution in [3.63, 3.8) is 0 Å². The number of halogens is 2. The molecule has 2 aromatic rings. The van der Waals surface area contributed by atoms with E-state index in [1.807, 2.05) is 0 Å². The minimum Gasteiger partial charge on any atom is -0.508 e. The van der Waals surface area contributed by atoms with Gasteiger partial charge in [0.05, 0.1) is 0 Å². The summed E-state index contributed by atoms with van der Waals surface area (Å²) in [4.78, 5) is 0. The highest BCUT2D eigenvalue weighted by Crippen LogP contribution is 2.34. The van der Waals surface area contributed by atoms with E-state index in [9.17, 15) is 19.0 Å². The summed E-state index contributed by atoms with van der Waals surface area (Å²) in [6, 6.07) is 5.69. The van der Waals surface area contributed by atoms with E-state index in [0.717, 1.165) is 0 Å². The van der Waals surface area contributed by atoms with Crippen molar-refractivity contribution in [2.45, 2.75) is 26.7 Å². The van der Waals surface area contributed by atoms with Crippen molar-refractivity contribution in [2.24, 2.45) is 0 Å². The molecule has 20 heavy (non-hydrogen) atoms. The summed E-state index contributed by atoms with van der Waals surface area (Å²) in [7, 11) is 0. The highest BCUT2D eigenvalue weighted by Gasteiger charge is 2.21. The Labute approximate surface area is 116 Å². The molecule has 0 saturated heterocycles. The van der Waals surface area contributed by atoms with Crippen molar-refractivity contribution >= 4 is 0 Å². The molecule has 0 atom stereocenters. The molecule has 0 unspecified atom stereocenters. The molecule has 2 N–H and O–H groups in total. The van der Waals surface area contributed by atoms with Gasteiger partial charge in [0.25, 0.3) is 0 Å². The molecule has 0 aromatic heterocycles. The van der Waals surface area contributed by atoms with Crippen LogP contribution in [0.1, 0.15) is 35.1 Å². The van der Waals surface area contributed by atoms with E-state index in [2.05, 4.69) is 0 Å². The SMILES string of the molecule is Cc1c(O)ccc(C(C)c2ccc(O)c(C)c2F)c1F. The van der Waals surface area contributed by atoms with E-state index in [1.54, 1.807) is 6.92 Å². The molecule has 106 valence electrons. The molecule has 2 rings (SSSR count). The Morgan fingerprint density at radius 3 is 1.50 bits per heavy atom. The lowest BCUT2D eigenvalue weighted by atomic mass is 9.90. The summed E-state index contributed by atoms with van der Waals surface area (Å²) < 4.78 is 28.4. The third kappa shape index (κ3) is 2.22. The molecule has 2 nitrogen and oxygen atoms in total. The van der Waals surface area contributed by atoms with Crippen LogP contribution in [-0.2, 0) is 0 Å². The molecule has 0 aliphatic carbocycles. The Morgan fingerprint density at radius 2 is 1.15 bits per heavy atom. The van der Waals surface area contributed by atoms with E-state index in [-0.39, 0.29) is 22.6 Å². The second-order valence-corrected chi connectivity index (χ2v) is 4.95. The minimum absolute atomic E-state index is 0.124. The van der Waals surface area contributed by atoms with Crippen LogP contribution >= 0.6 is 0 Å². The maximum absolute atomic E-state index is 14.2. The van der Waals surface area contributed by atoms with Gasteiger partial charge in [0.2, 0.25) is 0 Å². The van der Waals surface area contributed by atoms with Gasteiger partial charge < -0.3 is 10.2 Å². The van der Waals surface area contributed by atoms with E-state index in [1.165, 1.54) is 38.1 Å². The molecule has 0 aliphatic rings. The minimum atomic E-state index is -0.539. The third-order valence-corrected chi connectivity index (χ3v) is 3.71. The van der Waals surface area contributed by atoms with Gasteiger partial charge in [-0.15, -0.1) is 0 Å². The lowest BCUT2D eigenvalue weighted by Crippen LogP contribution is -2.04. The van der Waals surface area contributed by atoms with E-state index in [4.69, 9.17) is 0 Å². The lowest BCUT2D eigenvalue weighted by molar-refractivity contribution is 0.459. The Balaban J connectivity index is 2.55. The Bertz CT molecular complexity index is 609. The van der Waals surface area contributed by atoms with Crippen molar-refractivity contribution in [3.05, 3.63) is 58.2 Å². The van der Waals surface area contributed by atoms with Gasteiger partial charge in [-0.1, -0.05) is 19.1 Å². The summed E-state index contributed by atoms with van der Waals surface area (Å²) >= 11 is 0. The maximum atomic E-state index is 14.2. The van der Waals surface area contributed by atoms with Gasteiger partial charge in [0, 0.05) is 17.0 Å². The van der Waals surface area contributed by atoms with Crippen molar-refractivity contribution in [3.8, 4) is 11.5 Å². The number of aromatic hydroxyl groups is 2. The van der Waals surface area contributed by atoms with Crippen LogP contribution in [0.2, 0.25) is 0 Å². The molecule has 0 aliphatic heterocycles. The average molecular weight is 278 g/mol. The maximum Gasteiger partial charge on any atom is 0.133 e. The Hall–Kier alpha value is -2.10. The van der Waals surface area contributed by atoms with Crippen LogP contribution in [0.15, 0.2) is 24.3 Å². The first-order chi connectivity index (χ1) is 9.34. The summed E-state index contributed by atoms with van der Waals surface area (Å²) in [6.07, 6.45) is 0. The molecular formula is C16H16F2O2. The number of rotatable bonds is 2. The van der Waals surface area contributed by atoms with Crippen LogP contribution in [0.3, 0.4) is 0 Å². The van der Waals surface area contributed by atoms with Crippen LogP contribution in [0, 0.1) is 25.5 Å². The molecule has 0 amide bonds. The monoisotopic (exact) mass is 278 g/mol. The highest BCUT2D eigenvalue weighted by atomic mass is 19.1. The van der Waals surface area contributed by atoms with Crippen LogP contribution in [0.25, 0.3) is 0 Å². The van der Waals surface area contributed by atoms with Gasteiger partial charge in [0.1, 0.15) is 23.1 Å². The van der Waals surface area contributed by atoms with Gasteiger partial charge in [-0.25, -0.2) is 8.78 Å². The van der Waals surface area contributed by atoms with Gasteiger partial charge >= 0.3 is 0 Å². The summed E-state index contributed by atoms with van der Waals surface area (Å²) in [6.45, 7) is 4.63. The van der Waals surface area contributed by atoms with Gasteiger partial charge in [-0.05, 0) is 37.1 Å². The molecule has 0 bridgehead atoms. The Kier molecular flexibility index (Phi) is 3.66. The molecule has 0 radical (unpaired) electrons. The number of phenols is 2. The van der Waals surface area contributed by atoms with E-state index in [0.29, 0.717) is 11.1 Å². The molecular weight excluding hydrogens is 262 g/mol. The van der Waals surface area contributed by atoms with Crippen LogP contribution < -0.4 is 0 Å². The molecule has 0 spiro atoms.